The lowest BCUT2D eigenvalue weighted by Crippen LogP contribution is -2.35. The summed E-state index contributed by atoms with van der Waals surface area (Å²) in [7, 11) is 3.33. The van der Waals surface area contributed by atoms with Crippen LogP contribution in [-0.4, -0.2) is 54.0 Å². The highest BCUT2D eigenvalue weighted by Crippen LogP contribution is 2.29. The first-order valence-corrected chi connectivity index (χ1v) is 8.88. The first-order valence-electron chi connectivity index (χ1n) is 8.50. The lowest BCUT2D eigenvalue weighted by Gasteiger charge is -2.20. The van der Waals surface area contributed by atoms with E-state index in [1.807, 2.05) is 6.92 Å². The van der Waals surface area contributed by atoms with Gasteiger partial charge in [-0.25, -0.2) is 5.10 Å². The number of hydrogen-bond donors (Lipinski definition) is 2. The number of H-pyrrole nitrogens is 1. The highest BCUT2D eigenvalue weighted by atomic mass is 35.5. The average molecular weight is 408 g/mol. The van der Waals surface area contributed by atoms with E-state index < -0.39 is 11.7 Å². The van der Waals surface area contributed by atoms with Gasteiger partial charge in [-0.3, -0.25) is 15.0 Å². The highest BCUT2D eigenvalue weighted by Gasteiger charge is 2.18. The summed E-state index contributed by atoms with van der Waals surface area (Å²) in [5.41, 5.74) is 3.14. The molecule has 150 valence electrons. The maximum atomic E-state index is 12.0. The smallest absolute Gasteiger partial charge is 0.285 e. The molecule has 1 amide bonds. The molecule has 1 aromatic carbocycles. The molecule has 28 heavy (non-hydrogen) atoms. The minimum atomic E-state index is -0.652. The van der Waals surface area contributed by atoms with Crippen molar-refractivity contribution in [3.63, 3.8) is 0 Å². The molecule has 2 N–H and O–H groups in total. The Morgan fingerprint density at radius 3 is 2.86 bits per heavy atom. The summed E-state index contributed by atoms with van der Waals surface area (Å²) < 4.78 is 11.3. The van der Waals surface area contributed by atoms with Crippen molar-refractivity contribution in [3.8, 4) is 11.5 Å². The number of likely N-dealkylation sites (N-methyl/N-ethyl adjacent to an activating group) is 1. The van der Waals surface area contributed by atoms with E-state index in [-0.39, 0.29) is 16.6 Å². The van der Waals surface area contributed by atoms with Gasteiger partial charge in [0.05, 0.1) is 19.0 Å². The summed E-state index contributed by atoms with van der Waals surface area (Å²) in [6, 6.07) is 5.19. The Balaban J connectivity index is 2.16. The number of ether oxygens (including phenoxy) is 2. The quantitative estimate of drug-likeness (QED) is 0.512. The molecular weight excluding hydrogens is 386 g/mol. The number of nitrogens with one attached hydrogen (secondary N) is 2. The molecule has 0 saturated heterocycles. The Morgan fingerprint density at radius 1 is 1.43 bits per heavy atom. The third-order valence-corrected chi connectivity index (χ3v) is 3.93. The van der Waals surface area contributed by atoms with Crippen LogP contribution in [0.15, 0.2) is 34.3 Å². The van der Waals surface area contributed by atoms with E-state index in [0.29, 0.717) is 23.7 Å². The van der Waals surface area contributed by atoms with Crippen LogP contribution in [0.2, 0.25) is 5.02 Å². The minimum Gasteiger partial charge on any atom is -0.490 e. The van der Waals surface area contributed by atoms with Crippen LogP contribution in [0.3, 0.4) is 0 Å². The van der Waals surface area contributed by atoms with Crippen molar-refractivity contribution < 1.29 is 14.3 Å². The Labute approximate surface area is 167 Å². The number of anilines is 1. The van der Waals surface area contributed by atoms with Crippen molar-refractivity contribution in [2.45, 2.75) is 20.0 Å². The summed E-state index contributed by atoms with van der Waals surface area (Å²) in [6.45, 7) is 3.96. The number of rotatable bonds is 8. The molecule has 10 heteroatoms. The molecule has 0 unspecified atom stereocenters. The standard InChI is InChI=1S/C18H22ClN5O4/c1-5-27-15-8-12(6-7-14(15)28-11(2)18(26)24(3)4)9-20-22-13-10-21-23-17(25)16(13)19/h6-11H,5H2,1-4H3,(H2,22,23,25)/b20-9-/t11-/m1/s1. The molecule has 0 aliphatic carbocycles. The lowest BCUT2D eigenvalue weighted by molar-refractivity contribution is -0.135. The van der Waals surface area contributed by atoms with E-state index in [4.69, 9.17) is 21.1 Å². The number of amides is 1. The van der Waals surface area contributed by atoms with Crippen molar-refractivity contribution in [3.05, 3.63) is 45.3 Å². The number of benzene rings is 1. The number of aromatic nitrogens is 2. The second-order valence-corrected chi connectivity index (χ2v) is 6.31. The number of halogens is 1. The van der Waals surface area contributed by atoms with Gasteiger partial charge in [-0.15, -0.1) is 0 Å². The molecule has 0 aliphatic heterocycles. The zero-order valence-corrected chi connectivity index (χ0v) is 16.8. The van der Waals surface area contributed by atoms with Crippen LogP contribution in [0, 0.1) is 0 Å². The van der Waals surface area contributed by atoms with Gasteiger partial charge in [0.2, 0.25) is 0 Å². The zero-order chi connectivity index (χ0) is 20.7. The molecule has 0 saturated carbocycles. The Kier molecular flexibility index (Phi) is 7.39. The van der Waals surface area contributed by atoms with Gasteiger partial charge < -0.3 is 14.4 Å². The average Bonchev–Trinajstić information content (AvgIpc) is 2.66. The molecule has 0 fully saturated rings. The predicted octanol–water partition coefficient (Wildman–Crippen LogP) is 2.12. The molecule has 0 bridgehead atoms. The van der Waals surface area contributed by atoms with Crippen LogP contribution in [0.25, 0.3) is 0 Å². The number of carbonyl (C=O) groups excluding carboxylic acids is 1. The van der Waals surface area contributed by atoms with E-state index in [1.165, 1.54) is 17.3 Å². The summed E-state index contributed by atoms with van der Waals surface area (Å²) >= 11 is 5.87. The van der Waals surface area contributed by atoms with Crippen molar-refractivity contribution in [2.24, 2.45) is 5.10 Å². The van der Waals surface area contributed by atoms with E-state index in [0.717, 1.165) is 0 Å². The molecule has 1 aromatic heterocycles. The molecule has 0 aliphatic rings. The van der Waals surface area contributed by atoms with Crippen LogP contribution in [-0.2, 0) is 4.79 Å². The van der Waals surface area contributed by atoms with E-state index in [1.54, 1.807) is 39.2 Å². The maximum absolute atomic E-state index is 12.0. The molecule has 1 heterocycles. The second kappa shape index (κ2) is 9.75. The number of hydrazone groups is 1. The Bertz CT molecular complexity index is 913. The summed E-state index contributed by atoms with van der Waals surface area (Å²) in [5.74, 6) is 0.790. The SMILES string of the molecule is CCOc1cc(/C=N\Nc2cn[nH]c(=O)c2Cl)ccc1O[C@H](C)C(=O)N(C)C. The van der Waals surface area contributed by atoms with Crippen LogP contribution in [0.1, 0.15) is 19.4 Å². The fourth-order valence-corrected chi connectivity index (χ4v) is 2.35. The van der Waals surface area contributed by atoms with E-state index in [2.05, 4.69) is 20.7 Å². The molecule has 2 aromatic rings. The van der Waals surface area contributed by atoms with E-state index >= 15 is 0 Å². The van der Waals surface area contributed by atoms with Crippen LogP contribution >= 0.6 is 11.6 Å². The van der Waals surface area contributed by atoms with Gasteiger partial charge in [0, 0.05) is 14.1 Å². The van der Waals surface area contributed by atoms with Crippen LogP contribution in [0.5, 0.6) is 11.5 Å². The van der Waals surface area contributed by atoms with Gasteiger partial charge in [0.15, 0.2) is 17.6 Å². The van der Waals surface area contributed by atoms with Crippen molar-refractivity contribution in [1.29, 1.82) is 0 Å². The first-order chi connectivity index (χ1) is 13.3. The number of carbonyl (C=O) groups is 1. The highest BCUT2D eigenvalue weighted by molar-refractivity contribution is 6.32. The molecule has 2 rings (SSSR count). The number of aromatic amines is 1. The van der Waals surface area contributed by atoms with Gasteiger partial charge in [0.1, 0.15) is 10.7 Å². The van der Waals surface area contributed by atoms with Crippen LogP contribution < -0.4 is 20.5 Å². The van der Waals surface area contributed by atoms with Gasteiger partial charge in [-0.2, -0.15) is 10.2 Å². The predicted molar refractivity (Wildman–Crippen MR) is 107 cm³/mol. The Morgan fingerprint density at radius 2 is 2.18 bits per heavy atom. The van der Waals surface area contributed by atoms with Crippen molar-refractivity contribution in [1.82, 2.24) is 15.1 Å². The molecule has 1 atom stereocenters. The number of hydrogen-bond acceptors (Lipinski definition) is 7. The minimum absolute atomic E-state index is 0.0366. The number of nitrogens with zero attached hydrogens (tertiary/aromatic N) is 3. The second-order valence-electron chi connectivity index (χ2n) is 5.93. The Hall–Kier alpha value is -3.07. The van der Waals surface area contributed by atoms with Crippen molar-refractivity contribution >= 4 is 29.4 Å². The summed E-state index contributed by atoms with van der Waals surface area (Å²) in [6.07, 6.45) is 2.23. The largest absolute Gasteiger partial charge is 0.490 e. The molecule has 9 nitrogen and oxygen atoms in total. The van der Waals surface area contributed by atoms with Gasteiger partial charge in [-0.05, 0) is 37.6 Å². The summed E-state index contributed by atoms with van der Waals surface area (Å²) in [4.78, 5) is 24.9. The van der Waals surface area contributed by atoms with Gasteiger partial charge >= 0.3 is 0 Å². The molecular formula is C18H22ClN5O4. The molecule has 0 radical (unpaired) electrons. The normalized spacial score (nSPS) is 11.9. The first kappa shape index (κ1) is 21.2. The van der Waals surface area contributed by atoms with Gasteiger partial charge in [-0.1, -0.05) is 11.6 Å². The van der Waals surface area contributed by atoms with Crippen molar-refractivity contribution in [2.75, 3.05) is 26.1 Å². The third-order valence-electron chi connectivity index (χ3n) is 3.55. The fourth-order valence-electron chi connectivity index (χ4n) is 2.21. The molecule has 0 spiro atoms. The van der Waals surface area contributed by atoms with Crippen LogP contribution in [0.4, 0.5) is 5.69 Å². The fraction of sp³-hybridized carbons (Fsp3) is 0.333. The summed E-state index contributed by atoms with van der Waals surface area (Å²) in [5, 5.41) is 9.88. The maximum Gasteiger partial charge on any atom is 0.285 e. The topological polar surface area (TPSA) is 109 Å². The third kappa shape index (κ3) is 5.46. The lowest BCUT2D eigenvalue weighted by atomic mass is 10.2. The van der Waals surface area contributed by atoms with E-state index in [9.17, 15) is 9.59 Å². The van der Waals surface area contributed by atoms with Gasteiger partial charge in [0.25, 0.3) is 11.5 Å². The monoisotopic (exact) mass is 407 g/mol. The zero-order valence-electron chi connectivity index (χ0n) is 16.0.